The molecular formula is C12H10BrN3O3S. The second-order valence-electron chi connectivity index (χ2n) is 3.90. The van der Waals surface area contributed by atoms with Gasteiger partial charge >= 0.3 is 5.97 Å². The molecule has 0 radical (unpaired) electrons. The van der Waals surface area contributed by atoms with Gasteiger partial charge in [-0.25, -0.2) is 9.78 Å². The molecule has 1 aromatic heterocycles. The van der Waals surface area contributed by atoms with Crippen molar-refractivity contribution in [1.82, 2.24) is 4.98 Å². The van der Waals surface area contributed by atoms with Gasteiger partial charge < -0.3 is 16.2 Å². The average molecular weight is 356 g/mol. The summed E-state index contributed by atoms with van der Waals surface area (Å²) in [6.07, 6.45) is 0.0445. The van der Waals surface area contributed by atoms with Gasteiger partial charge in [-0.3, -0.25) is 4.79 Å². The van der Waals surface area contributed by atoms with Gasteiger partial charge in [-0.05, 0) is 18.2 Å². The number of hydrogen-bond donors (Lipinski definition) is 3. The highest BCUT2D eigenvalue weighted by Crippen LogP contribution is 2.21. The molecule has 0 unspecified atom stereocenters. The zero-order valence-electron chi connectivity index (χ0n) is 10.1. The average Bonchev–Trinajstić information content (AvgIpc) is 2.76. The number of benzene rings is 1. The molecule has 0 bridgehead atoms. The van der Waals surface area contributed by atoms with Crippen LogP contribution in [0.2, 0.25) is 0 Å². The maximum absolute atomic E-state index is 11.9. The molecule has 0 aliphatic rings. The number of nitrogens with one attached hydrogen (secondary N) is 1. The van der Waals surface area contributed by atoms with Crippen LogP contribution in [0.15, 0.2) is 28.1 Å². The fraction of sp³-hybridized carbons (Fsp3) is 0.0833. The van der Waals surface area contributed by atoms with Gasteiger partial charge in [0.15, 0.2) is 5.13 Å². The number of nitrogens with two attached hydrogens (primary N) is 1. The number of carboxylic acid groups (broad SMARTS) is 1. The Hall–Kier alpha value is -1.93. The quantitative estimate of drug-likeness (QED) is 0.780. The molecule has 0 aliphatic carbocycles. The number of nitrogen functional groups attached to an aromatic ring is 1. The minimum absolute atomic E-state index is 0.0190. The van der Waals surface area contributed by atoms with Gasteiger partial charge in [0.2, 0.25) is 5.91 Å². The largest absolute Gasteiger partial charge is 0.478 e. The first-order valence-corrected chi connectivity index (χ1v) is 7.15. The van der Waals surface area contributed by atoms with E-state index in [4.69, 9.17) is 10.8 Å². The molecule has 0 saturated carbocycles. The number of hydrogen-bond acceptors (Lipinski definition) is 5. The number of nitrogens with zero attached hydrogens (tertiary/aromatic N) is 1. The van der Waals surface area contributed by atoms with Gasteiger partial charge in [-0.15, -0.1) is 11.3 Å². The maximum Gasteiger partial charge on any atom is 0.337 e. The lowest BCUT2D eigenvalue weighted by Gasteiger charge is -2.08. The summed E-state index contributed by atoms with van der Waals surface area (Å²) >= 11 is 4.44. The van der Waals surface area contributed by atoms with Crippen molar-refractivity contribution >= 4 is 50.0 Å². The van der Waals surface area contributed by atoms with Crippen molar-refractivity contribution in [1.29, 1.82) is 0 Å². The smallest absolute Gasteiger partial charge is 0.337 e. The van der Waals surface area contributed by atoms with Crippen LogP contribution in [0.25, 0.3) is 0 Å². The van der Waals surface area contributed by atoms with Crippen LogP contribution in [0.1, 0.15) is 16.1 Å². The number of aromatic carboxylic acids is 1. The van der Waals surface area contributed by atoms with Crippen molar-refractivity contribution in [3.05, 3.63) is 39.3 Å². The summed E-state index contributed by atoms with van der Waals surface area (Å²) in [5, 5.41) is 13.7. The van der Waals surface area contributed by atoms with Gasteiger partial charge in [0.05, 0.1) is 23.4 Å². The highest BCUT2D eigenvalue weighted by Gasteiger charge is 2.14. The van der Waals surface area contributed by atoms with Gasteiger partial charge in [0.25, 0.3) is 0 Å². The van der Waals surface area contributed by atoms with Crippen LogP contribution in [0.5, 0.6) is 0 Å². The van der Waals surface area contributed by atoms with E-state index in [1.54, 1.807) is 11.4 Å². The summed E-state index contributed by atoms with van der Waals surface area (Å²) in [4.78, 5) is 27.0. The Kier molecular flexibility index (Phi) is 4.35. The Morgan fingerprint density at radius 2 is 2.20 bits per heavy atom. The van der Waals surface area contributed by atoms with Gasteiger partial charge in [-0.2, -0.15) is 0 Å². The third kappa shape index (κ3) is 3.55. The molecule has 4 N–H and O–H groups in total. The summed E-state index contributed by atoms with van der Waals surface area (Å²) in [6.45, 7) is 0. The van der Waals surface area contributed by atoms with Crippen LogP contribution < -0.4 is 11.1 Å². The van der Waals surface area contributed by atoms with Crippen LogP contribution in [0.3, 0.4) is 0 Å². The molecule has 8 heteroatoms. The number of amides is 1. The van der Waals surface area contributed by atoms with E-state index in [1.165, 1.54) is 23.5 Å². The van der Waals surface area contributed by atoms with Gasteiger partial charge in [0.1, 0.15) is 0 Å². The molecule has 0 saturated heterocycles. The Labute approximate surface area is 126 Å². The molecular weight excluding hydrogens is 346 g/mol. The molecule has 2 aromatic rings. The monoisotopic (exact) mass is 355 g/mol. The number of carbonyl (C=O) groups excluding carboxylic acids is 1. The Morgan fingerprint density at radius 1 is 1.45 bits per heavy atom. The summed E-state index contributed by atoms with van der Waals surface area (Å²) in [6, 6.07) is 4.61. The van der Waals surface area contributed by atoms with Crippen molar-refractivity contribution in [2.24, 2.45) is 0 Å². The second-order valence-corrected chi connectivity index (χ2v) is 5.70. The minimum Gasteiger partial charge on any atom is -0.478 e. The molecule has 0 aliphatic heterocycles. The molecule has 0 spiro atoms. The number of thiazole rings is 1. The van der Waals surface area contributed by atoms with E-state index in [0.717, 1.165) is 0 Å². The van der Waals surface area contributed by atoms with E-state index in [0.29, 0.717) is 15.3 Å². The third-order valence-corrected chi connectivity index (χ3v) is 3.61. The zero-order valence-corrected chi connectivity index (χ0v) is 12.5. The lowest BCUT2D eigenvalue weighted by Crippen LogP contribution is -2.17. The van der Waals surface area contributed by atoms with Crippen molar-refractivity contribution in [3.8, 4) is 0 Å². The molecule has 0 atom stereocenters. The molecule has 2 rings (SSSR count). The standard InChI is InChI=1S/C12H10BrN3O3S/c13-6-1-2-9(8(3-6)11(18)19)16-10(17)4-7-5-20-12(14)15-7/h1-3,5H,4H2,(H2,14,15)(H,16,17)(H,18,19). The van der Waals surface area contributed by atoms with Crippen LogP contribution in [0, 0.1) is 0 Å². The lowest BCUT2D eigenvalue weighted by atomic mass is 10.1. The molecule has 1 amide bonds. The Bertz CT molecular complexity index is 672. The summed E-state index contributed by atoms with van der Waals surface area (Å²) in [5.74, 6) is -1.46. The predicted octanol–water partition coefficient (Wildman–Crippen LogP) is 2.37. The summed E-state index contributed by atoms with van der Waals surface area (Å²) in [5.41, 5.74) is 6.30. The van der Waals surface area contributed by atoms with E-state index in [2.05, 4.69) is 26.2 Å². The first kappa shape index (κ1) is 14.5. The van der Waals surface area contributed by atoms with Gasteiger partial charge in [0, 0.05) is 9.85 Å². The number of aromatic nitrogens is 1. The minimum atomic E-state index is -1.11. The van der Waals surface area contributed by atoms with Crippen LogP contribution in [0.4, 0.5) is 10.8 Å². The molecule has 6 nitrogen and oxygen atoms in total. The Balaban J connectivity index is 2.13. The third-order valence-electron chi connectivity index (χ3n) is 2.40. The first-order chi connectivity index (χ1) is 9.45. The van der Waals surface area contributed by atoms with E-state index in [9.17, 15) is 9.59 Å². The molecule has 0 fully saturated rings. The highest BCUT2D eigenvalue weighted by atomic mass is 79.9. The van der Waals surface area contributed by atoms with E-state index in [1.807, 2.05) is 0 Å². The number of anilines is 2. The fourth-order valence-corrected chi connectivity index (χ4v) is 2.49. The second kappa shape index (κ2) is 6.02. The molecule has 20 heavy (non-hydrogen) atoms. The number of halogens is 1. The number of rotatable bonds is 4. The van der Waals surface area contributed by atoms with E-state index >= 15 is 0 Å². The normalized spacial score (nSPS) is 10.2. The molecule has 1 aromatic carbocycles. The van der Waals surface area contributed by atoms with Crippen LogP contribution in [-0.4, -0.2) is 22.0 Å². The number of carbonyl (C=O) groups is 2. The highest BCUT2D eigenvalue weighted by molar-refractivity contribution is 9.10. The summed E-state index contributed by atoms with van der Waals surface area (Å²) < 4.78 is 0.625. The number of carboxylic acids is 1. The van der Waals surface area contributed by atoms with Crippen LogP contribution in [-0.2, 0) is 11.2 Å². The lowest BCUT2D eigenvalue weighted by molar-refractivity contribution is -0.115. The van der Waals surface area contributed by atoms with Gasteiger partial charge in [-0.1, -0.05) is 15.9 Å². The maximum atomic E-state index is 11.9. The molecule has 104 valence electrons. The first-order valence-electron chi connectivity index (χ1n) is 5.48. The van der Waals surface area contributed by atoms with Crippen LogP contribution >= 0.6 is 27.3 Å². The predicted molar refractivity (Wildman–Crippen MR) is 80.0 cm³/mol. The van der Waals surface area contributed by atoms with Crippen molar-refractivity contribution in [3.63, 3.8) is 0 Å². The zero-order chi connectivity index (χ0) is 14.7. The Morgan fingerprint density at radius 3 is 2.80 bits per heavy atom. The topological polar surface area (TPSA) is 105 Å². The van der Waals surface area contributed by atoms with Crippen molar-refractivity contribution < 1.29 is 14.7 Å². The summed E-state index contributed by atoms with van der Waals surface area (Å²) in [7, 11) is 0. The SMILES string of the molecule is Nc1nc(CC(=O)Nc2ccc(Br)cc2C(=O)O)cs1. The van der Waals surface area contributed by atoms with Crippen molar-refractivity contribution in [2.45, 2.75) is 6.42 Å². The van der Waals surface area contributed by atoms with E-state index < -0.39 is 5.97 Å². The molecule has 1 heterocycles. The van der Waals surface area contributed by atoms with E-state index in [-0.39, 0.29) is 23.6 Å². The fourth-order valence-electron chi connectivity index (χ4n) is 1.57. The van der Waals surface area contributed by atoms with Crippen molar-refractivity contribution in [2.75, 3.05) is 11.1 Å².